The van der Waals surface area contributed by atoms with Crippen LogP contribution in [0.2, 0.25) is 0 Å². The molecule has 4 aromatic carbocycles. The predicted octanol–water partition coefficient (Wildman–Crippen LogP) is 8.02. The highest BCUT2D eigenvalue weighted by Crippen LogP contribution is 2.47. The van der Waals surface area contributed by atoms with Crippen molar-refractivity contribution in [3.63, 3.8) is 0 Å². The van der Waals surface area contributed by atoms with E-state index in [0.717, 1.165) is 44.5 Å². The Balaban J connectivity index is 1.78. The molecule has 0 fully saturated rings. The molecular formula is C30H22F2. The topological polar surface area (TPSA) is 0 Å². The smallest absolute Gasteiger partial charge is 0.123 e. The molecule has 0 radical (unpaired) electrons. The first-order valence-corrected chi connectivity index (χ1v) is 10.7. The van der Waals surface area contributed by atoms with Gasteiger partial charge in [-0.15, -0.1) is 0 Å². The van der Waals surface area contributed by atoms with Crippen molar-refractivity contribution in [3.8, 4) is 0 Å². The Hall–Kier alpha value is -3.78. The van der Waals surface area contributed by atoms with Crippen molar-refractivity contribution in [3.05, 3.63) is 154 Å². The largest absolute Gasteiger partial charge is 0.207 e. The molecule has 0 heterocycles. The van der Waals surface area contributed by atoms with Gasteiger partial charge in [-0.25, -0.2) is 8.78 Å². The third-order valence-electron chi connectivity index (χ3n) is 6.11. The van der Waals surface area contributed by atoms with Crippen LogP contribution in [0, 0.1) is 11.6 Å². The molecule has 4 aromatic rings. The molecule has 1 unspecified atom stereocenters. The Morgan fingerprint density at radius 2 is 1.25 bits per heavy atom. The first kappa shape index (κ1) is 20.1. The molecule has 1 aliphatic rings. The molecule has 1 atom stereocenters. The summed E-state index contributed by atoms with van der Waals surface area (Å²) in [4.78, 5) is 0. The summed E-state index contributed by atoms with van der Waals surface area (Å²) >= 11 is 0. The molecule has 0 aliphatic heterocycles. The molecule has 0 amide bonds. The van der Waals surface area contributed by atoms with Crippen molar-refractivity contribution in [2.24, 2.45) is 0 Å². The van der Waals surface area contributed by atoms with Crippen LogP contribution in [-0.4, -0.2) is 0 Å². The average Bonchev–Trinajstić information content (AvgIpc) is 3.10. The SMILES string of the molecule is CC1C(C=C(c2ccccc2)c2ccccc2)=C(c2ccc(F)cc2)c2ccc(F)cc21. The summed E-state index contributed by atoms with van der Waals surface area (Å²) in [6.45, 7) is 2.11. The minimum atomic E-state index is -0.272. The van der Waals surface area contributed by atoms with Crippen LogP contribution in [0.1, 0.15) is 40.7 Å². The van der Waals surface area contributed by atoms with Gasteiger partial charge in [0.25, 0.3) is 0 Å². The summed E-state index contributed by atoms with van der Waals surface area (Å²) < 4.78 is 27.8. The second-order valence-electron chi connectivity index (χ2n) is 8.08. The Bertz CT molecular complexity index is 1270. The Kier molecular flexibility index (Phi) is 5.28. The van der Waals surface area contributed by atoms with Crippen LogP contribution in [0.15, 0.2) is 115 Å². The van der Waals surface area contributed by atoms with Gasteiger partial charge < -0.3 is 0 Å². The van der Waals surface area contributed by atoms with Crippen LogP contribution in [0.5, 0.6) is 0 Å². The number of hydrogen-bond acceptors (Lipinski definition) is 0. The molecular weight excluding hydrogens is 398 g/mol. The van der Waals surface area contributed by atoms with Gasteiger partial charge in [0, 0.05) is 5.92 Å². The van der Waals surface area contributed by atoms with E-state index in [1.807, 2.05) is 42.5 Å². The van der Waals surface area contributed by atoms with Crippen molar-refractivity contribution >= 4 is 11.1 Å². The quantitative estimate of drug-likeness (QED) is 0.314. The third kappa shape index (κ3) is 3.69. The van der Waals surface area contributed by atoms with E-state index in [0.29, 0.717) is 0 Å². The Labute approximate surface area is 187 Å². The molecule has 0 N–H and O–H groups in total. The Morgan fingerprint density at radius 1 is 0.688 bits per heavy atom. The molecule has 0 saturated carbocycles. The molecule has 0 spiro atoms. The van der Waals surface area contributed by atoms with Gasteiger partial charge in [0.15, 0.2) is 0 Å². The van der Waals surface area contributed by atoms with E-state index in [1.54, 1.807) is 18.2 Å². The minimum absolute atomic E-state index is 0.00294. The highest BCUT2D eigenvalue weighted by atomic mass is 19.1. The van der Waals surface area contributed by atoms with Crippen LogP contribution in [0.3, 0.4) is 0 Å². The zero-order valence-electron chi connectivity index (χ0n) is 17.7. The average molecular weight is 421 g/mol. The summed E-state index contributed by atoms with van der Waals surface area (Å²) in [5.74, 6) is -0.514. The molecule has 0 bridgehead atoms. The Morgan fingerprint density at radius 3 is 1.84 bits per heavy atom. The van der Waals surface area contributed by atoms with Crippen molar-refractivity contribution < 1.29 is 8.78 Å². The maximum atomic E-state index is 14.2. The number of fused-ring (bicyclic) bond motifs is 1. The standard InChI is InChI=1S/C30H22F2/c1-20-27-18-25(32)16-17-26(27)30(23-12-14-24(31)15-13-23)28(20)19-29(21-8-4-2-5-9-21)22-10-6-3-7-11-22/h2-20H,1H3. The minimum Gasteiger partial charge on any atom is -0.207 e. The number of rotatable bonds is 4. The number of benzene rings is 4. The molecule has 156 valence electrons. The second-order valence-corrected chi connectivity index (χ2v) is 8.08. The third-order valence-corrected chi connectivity index (χ3v) is 6.11. The summed E-state index contributed by atoms with van der Waals surface area (Å²) in [5, 5.41) is 0. The molecule has 5 rings (SSSR count). The van der Waals surface area contributed by atoms with E-state index < -0.39 is 0 Å². The highest BCUT2D eigenvalue weighted by molar-refractivity contribution is 5.93. The lowest BCUT2D eigenvalue weighted by Crippen LogP contribution is -1.95. The van der Waals surface area contributed by atoms with Crippen LogP contribution in [-0.2, 0) is 0 Å². The monoisotopic (exact) mass is 420 g/mol. The van der Waals surface area contributed by atoms with Gasteiger partial charge in [-0.3, -0.25) is 0 Å². The summed E-state index contributed by atoms with van der Waals surface area (Å²) in [5.41, 5.74) is 8.32. The van der Waals surface area contributed by atoms with Crippen LogP contribution < -0.4 is 0 Å². The lowest BCUT2D eigenvalue weighted by atomic mass is 9.90. The molecule has 2 heteroatoms. The van der Waals surface area contributed by atoms with Crippen molar-refractivity contribution in [2.45, 2.75) is 12.8 Å². The van der Waals surface area contributed by atoms with E-state index in [2.05, 4.69) is 37.3 Å². The second kappa shape index (κ2) is 8.39. The van der Waals surface area contributed by atoms with Crippen LogP contribution in [0.25, 0.3) is 11.1 Å². The molecule has 0 nitrogen and oxygen atoms in total. The fourth-order valence-corrected chi connectivity index (χ4v) is 4.52. The van der Waals surface area contributed by atoms with Crippen LogP contribution in [0.4, 0.5) is 8.78 Å². The fraction of sp³-hybridized carbons (Fsp3) is 0.0667. The van der Waals surface area contributed by atoms with Crippen molar-refractivity contribution in [1.29, 1.82) is 0 Å². The van der Waals surface area contributed by atoms with Crippen LogP contribution >= 0.6 is 0 Å². The maximum absolute atomic E-state index is 14.2. The van der Waals surface area contributed by atoms with E-state index in [1.165, 1.54) is 18.2 Å². The van der Waals surface area contributed by atoms with E-state index >= 15 is 0 Å². The lowest BCUT2D eigenvalue weighted by molar-refractivity contribution is 0.624. The van der Waals surface area contributed by atoms with Gasteiger partial charge in [0.2, 0.25) is 0 Å². The van der Waals surface area contributed by atoms with Gasteiger partial charge in [0.1, 0.15) is 11.6 Å². The first-order chi connectivity index (χ1) is 15.6. The van der Waals surface area contributed by atoms with Crippen molar-refractivity contribution in [2.75, 3.05) is 0 Å². The summed E-state index contributed by atoms with van der Waals surface area (Å²) in [6, 6.07) is 32.1. The highest BCUT2D eigenvalue weighted by Gasteiger charge is 2.29. The van der Waals surface area contributed by atoms with E-state index in [4.69, 9.17) is 0 Å². The predicted molar refractivity (Wildman–Crippen MR) is 127 cm³/mol. The zero-order valence-corrected chi connectivity index (χ0v) is 17.7. The van der Waals surface area contributed by atoms with E-state index in [9.17, 15) is 8.78 Å². The van der Waals surface area contributed by atoms with Gasteiger partial charge in [-0.2, -0.15) is 0 Å². The fourth-order valence-electron chi connectivity index (χ4n) is 4.52. The number of allylic oxidation sites excluding steroid dienone is 2. The van der Waals surface area contributed by atoms with Gasteiger partial charge in [-0.05, 0) is 74.9 Å². The molecule has 32 heavy (non-hydrogen) atoms. The van der Waals surface area contributed by atoms with Gasteiger partial charge >= 0.3 is 0 Å². The van der Waals surface area contributed by atoms with E-state index in [-0.39, 0.29) is 17.6 Å². The summed E-state index contributed by atoms with van der Waals surface area (Å²) in [6.07, 6.45) is 2.21. The number of halogens is 2. The first-order valence-electron chi connectivity index (χ1n) is 10.7. The van der Waals surface area contributed by atoms with Crippen molar-refractivity contribution in [1.82, 2.24) is 0 Å². The maximum Gasteiger partial charge on any atom is 0.123 e. The summed E-state index contributed by atoms with van der Waals surface area (Å²) in [7, 11) is 0. The lowest BCUT2D eigenvalue weighted by Gasteiger charge is -2.14. The van der Waals surface area contributed by atoms with Gasteiger partial charge in [-0.1, -0.05) is 85.8 Å². The molecule has 0 saturated heterocycles. The number of hydrogen-bond donors (Lipinski definition) is 0. The zero-order chi connectivity index (χ0) is 22.1. The molecule has 0 aromatic heterocycles. The van der Waals surface area contributed by atoms with Gasteiger partial charge in [0.05, 0.1) is 0 Å². The normalized spacial score (nSPS) is 14.9. The molecule has 1 aliphatic carbocycles.